The third kappa shape index (κ3) is 8.64. The van der Waals surface area contributed by atoms with E-state index in [1.165, 1.54) is 0 Å². The molecular weight excluding hydrogens is 208 g/mol. The summed E-state index contributed by atoms with van der Waals surface area (Å²) in [6, 6.07) is -0.453. The lowest BCUT2D eigenvalue weighted by Crippen LogP contribution is -2.35. The Kier molecular flexibility index (Phi) is 7.29. The number of carboxylic acids is 1. The van der Waals surface area contributed by atoms with Gasteiger partial charge in [-0.05, 0) is 47.2 Å². The molecule has 0 saturated carbocycles. The first kappa shape index (κ1) is 15.3. The van der Waals surface area contributed by atoms with E-state index in [2.05, 4.69) is 10.6 Å². The zero-order valence-electron chi connectivity index (χ0n) is 10.7. The second-order valence-corrected chi connectivity index (χ2v) is 4.72. The number of nitrogens with one attached hydrogen (secondary N) is 2. The zero-order chi connectivity index (χ0) is 12.6. The van der Waals surface area contributed by atoms with Crippen molar-refractivity contribution in [2.75, 3.05) is 20.3 Å². The molecule has 1 atom stereocenters. The highest BCUT2D eigenvalue weighted by Crippen LogP contribution is 2.04. The molecule has 0 aliphatic heterocycles. The van der Waals surface area contributed by atoms with E-state index in [0.717, 1.165) is 13.0 Å². The molecule has 5 nitrogen and oxygen atoms in total. The number of aliphatic carboxylic acids is 1. The van der Waals surface area contributed by atoms with E-state index in [0.29, 0.717) is 13.2 Å². The van der Waals surface area contributed by atoms with E-state index in [-0.39, 0.29) is 5.60 Å². The van der Waals surface area contributed by atoms with E-state index >= 15 is 0 Å². The molecule has 96 valence electrons. The van der Waals surface area contributed by atoms with Gasteiger partial charge in [0.2, 0.25) is 0 Å². The van der Waals surface area contributed by atoms with E-state index in [9.17, 15) is 4.79 Å². The van der Waals surface area contributed by atoms with Crippen LogP contribution in [0.1, 0.15) is 33.6 Å². The van der Waals surface area contributed by atoms with Gasteiger partial charge in [0, 0.05) is 0 Å². The summed E-state index contributed by atoms with van der Waals surface area (Å²) < 4.78 is 5.47. The molecule has 0 aromatic carbocycles. The molecule has 0 aliphatic carbocycles. The van der Waals surface area contributed by atoms with Gasteiger partial charge in [0.25, 0.3) is 0 Å². The first-order chi connectivity index (χ1) is 7.37. The summed E-state index contributed by atoms with van der Waals surface area (Å²) >= 11 is 0. The van der Waals surface area contributed by atoms with Crippen molar-refractivity contribution in [3.8, 4) is 0 Å². The predicted molar refractivity (Wildman–Crippen MR) is 63.4 cm³/mol. The molecule has 0 aromatic heterocycles. The summed E-state index contributed by atoms with van der Waals surface area (Å²) in [5.74, 6) is -0.798. The number of ether oxygens (including phenoxy) is 1. The van der Waals surface area contributed by atoms with E-state index < -0.39 is 12.0 Å². The van der Waals surface area contributed by atoms with Crippen LogP contribution >= 0.6 is 0 Å². The van der Waals surface area contributed by atoms with Crippen molar-refractivity contribution in [1.82, 2.24) is 10.6 Å². The van der Waals surface area contributed by atoms with Crippen molar-refractivity contribution in [3.05, 3.63) is 0 Å². The van der Waals surface area contributed by atoms with E-state index in [1.54, 1.807) is 7.05 Å². The molecule has 0 unspecified atom stereocenters. The van der Waals surface area contributed by atoms with Crippen molar-refractivity contribution in [2.45, 2.75) is 45.3 Å². The van der Waals surface area contributed by atoms with Gasteiger partial charge in [0.1, 0.15) is 6.04 Å². The minimum atomic E-state index is -0.798. The van der Waals surface area contributed by atoms with Gasteiger partial charge in [-0.15, -0.1) is 0 Å². The first-order valence-corrected chi connectivity index (χ1v) is 5.61. The van der Waals surface area contributed by atoms with E-state index in [1.807, 2.05) is 20.8 Å². The summed E-state index contributed by atoms with van der Waals surface area (Å²) in [6.07, 6.45) is 1.43. The molecule has 0 aromatic rings. The maximum atomic E-state index is 10.7. The summed E-state index contributed by atoms with van der Waals surface area (Å²) in [6.45, 7) is 7.25. The average Bonchev–Trinajstić information content (AvgIpc) is 2.14. The lowest BCUT2D eigenvalue weighted by atomic mass is 10.1. The Labute approximate surface area is 97.6 Å². The van der Waals surface area contributed by atoms with Crippen LogP contribution in [0.15, 0.2) is 0 Å². The minimum Gasteiger partial charge on any atom is -0.480 e. The first-order valence-electron chi connectivity index (χ1n) is 5.61. The van der Waals surface area contributed by atoms with Crippen molar-refractivity contribution >= 4 is 5.97 Å². The van der Waals surface area contributed by atoms with Gasteiger partial charge in [-0.1, -0.05) is 0 Å². The molecule has 3 N–H and O–H groups in total. The second kappa shape index (κ2) is 7.60. The molecule has 5 heteroatoms. The highest BCUT2D eigenvalue weighted by molar-refractivity contribution is 5.73. The largest absolute Gasteiger partial charge is 0.480 e. The number of likely N-dealkylation sites (N-methyl/N-ethyl adjacent to an activating group) is 1. The zero-order valence-corrected chi connectivity index (χ0v) is 10.7. The van der Waals surface area contributed by atoms with Gasteiger partial charge in [-0.25, -0.2) is 0 Å². The van der Waals surface area contributed by atoms with Crippen LogP contribution in [0.5, 0.6) is 0 Å². The smallest absolute Gasteiger partial charge is 0.320 e. The van der Waals surface area contributed by atoms with Crippen LogP contribution in [0.25, 0.3) is 0 Å². The average molecular weight is 232 g/mol. The number of carboxylic acid groups (broad SMARTS) is 1. The highest BCUT2D eigenvalue weighted by Gasteiger charge is 2.13. The topological polar surface area (TPSA) is 70.6 Å². The van der Waals surface area contributed by atoms with E-state index in [4.69, 9.17) is 9.84 Å². The summed E-state index contributed by atoms with van der Waals surface area (Å²) in [5, 5.41) is 14.7. The fourth-order valence-corrected chi connectivity index (χ4v) is 1.16. The summed E-state index contributed by atoms with van der Waals surface area (Å²) in [7, 11) is 1.66. The standard InChI is InChI=1S/C11H24N2O3/c1-11(2,3)16-8-13-7-5-6-9(12-4)10(14)15/h9,12-13H,5-8H2,1-4H3,(H,14,15)/t9-/m0/s1. The summed E-state index contributed by atoms with van der Waals surface area (Å²) in [5.41, 5.74) is -0.137. The maximum Gasteiger partial charge on any atom is 0.320 e. The van der Waals surface area contributed by atoms with Crippen LogP contribution in [0.3, 0.4) is 0 Å². The maximum absolute atomic E-state index is 10.7. The van der Waals surface area contributed by atoms with Gasteiger partial charge >= 0.3 is 5.97 Å². The molecule has 0 radical (unpaired) electrons. The van der Waals surface area contributed by atoms with Crippen molar-refractivity contribution in [1.29, 1.82) is 0 Å². The molecule has 0 saturated heterocycles. The molecular formula is C11H24N2O3. The Hall–Kier alpha value is -0.650. The van der Waals surface area contributed by atoms with Crippen LogP contribution in [0, 0.1) is 0 Å². The molecule has 0 aliphatic rings. The third-order valence-corrected chi connectivity index (χ3v) is 2.10. The SMILES string of the molecule is CN[C@@H](CCCNCOC(C)(C)C)C(=O)O. The Morgan fingerprint density at radius 2 is 2.06 bits per heavy atom. The quantitative estimate of drug-likeness (QED) is 0.426. The van der Waals surface area contributed by atoms with Gasteiger partial charge in [-0.2, -0.15) is 0 Å². The van der Waals surface area contributed by atoms with Crippen molar-refractivity contribution in [3.63, 3.8) is 0 Å². The molecule has 0 bridgehead atoms. The number of carbonyl (C=O) groups is 1. The molecule has 0 fully saturated rings. The minimum absolute atomic E-state index is 0.137. The van der Waals surface area contributed by atoms with Crippen LogP contribution in [0.4, 0.5) is 0 Å². The molecule has 16 heavy (non-hydrogen) atoms. The van der Waals surface area contributed by atoms with Crippen LogP contribution in [0.2, 0.25) is 0 Å². The Balaban J connectivity index is 3.43. The van der Waals surface area contributed by atoms with Gasteiger partial charge in [0.05, 0.1) is 12.3 Å². The highest BCUT2D eigenvalue weighted by atomic mass is 16.5. The van der Waals surface area contributed by atoms with Crippen molar-refractivity contribution < 1.29 is 14.6 Å². The Bertz CT molecular complexity index is 202. The normalized spacial score (nSPS) is 13.8. The van der Waals surface area contributed by atoms with Gasteiger partial charge in [-0.3, -0.25) is 10.1 Å². The number of hydrogen-bond donors (Lipinski definition) is 3. The number of hydrogen-bond acceptors (Lipinski definition) is 4. The molecule has 0 rings (SSSR count). The summed E-state index contributed by atoms with van der Waals surface area (Å²) in [4.78, 5) is 10.7. The third-order valence-electron chi connectivity index (χ3n) is 2.10. The van der Waals surface area contributed by atoms with Crippen LogP contribution in [-0.2, 0) is 9.53 Å². The fourth-order valence-electron chi connectivity index (χ4n) is 1.16. The predicted octanol–water partition coefficient (Wildman–Crippen LogP) is 0.801. The molecule has 0 amide bonds. The Morgan fingerprint density at radius 1 is 1.44 bits per heavy atom. The lowest BCUT2D eigenvalue weighted by molar-refractivity contribution is -0.139. The second-order valence-electron chi connectivity index (χ2n) is 4.72. The molecule has 0 heterocycles. The van der Waals surface area contributed by atoms with Gasteiger partial charge < -0.3 is 15.2 Å². The van der Waals surface area contributed by atoms with Gasteiger partial charge in [0.15, 0.2) is 0 Å². The van der Waals surface area contributed by atoms with Crippen LogP contribution < -0.4 is 10.6 Å². The Morgan fingerprint density at radius 3 is 2.50 bits per heavy atom. The number of rotatable bonds is 8. The van der Waals surface area contributed by atoms with Crippen LogP contribution in [-0.4, -0.2) is 43.0 Å². The monoisotopic (exact) mass is 232 g/mol. The lowest BCUT2D eigenvalue weighted by Gasteiger charge is -2.19. The molecule has 0 spiro atoms. The fraction of sp³-hybridized carbons (Fsp3) is 0.909. The van der Waals surface area contributed by atoms with Crippen molar-refractivity contribution in [2.24, 2.45) is 0 Å².